The van der Waals surface area contributed by atoms with Gasteiger partial charge in [0.1, 0.15) is 16.9 Å². The van der Waals surface area contributed by atoms with Gasteiger partial charge in [0.2, 0.25) is 5.91 Å². The molecule has 5 rings (SSSR count). The van der Waals surface area contributed by atoms with Gasteiger partial charge in [-0.25, -0.2) is 9.36 Å². The molecule has 1 unspecified atom stereocenters. The summed E-state index contributed by atoms with van der Waals surface area (Å²) in [6.45, 7) is 5.98. The van der Waals surface area contributed by atoms with Crippen LogP contribution in [0, 0.1) is 6.92 Å². The number of carbonyl (C=O) groups is 1. The Bertz CT molecular complexity index is 1560. The maximum Gasteiger partial charge on any atom is 0.280 e. The molecular weight excluding hydrogens is 452 g/mol. The minimum Gasteiger partial charge on any atom is -0.350 e. The first-order valence-corrected chi connectivity index (χ1v) is 12.0. The molecule has 0 bridgehead atoms. The molecule has 0 fully saturated rings. The number of benzene rings is 2. The van der Waals surface area contributed by atoms with Crippen molar-refractivity contribution in [3.8, 4) is 11.5 Å². The van der Waals surface area contributed by atoms with E-state index in [9.17, 15) is 9.59 Å². The quantitative estimate of drug-likeness (QED) is 0.380. The maximum atomic E-state index is 13.8. The Balaban J connectivity index is 1.54. The number of para-hydroxylation sites is 1. The van der Waals surface area contributed by atoms with Crippen LogP contribution in [0.1, 0.15) is 36.7 Å². The summed E-state index contributed by atoms with van der Waals surface area (Å²) in [4.78, 5) is 26.8. The maximum absolute atomic E-state index is 13.8. The average Bonchev–Trinajstić information content (AvgIpc) is 3.58. The van der Waals surface area contributed by atoms with Crippen LogP contribution in [-0.4, -0.2) is 30.0 Å². The summed E-state index contributed by atoms with van der Waals surface area (Å²) in [5.41, 5.74) is 3.78. The molecule has 2 aromatic carbocycles. The van der Waals surface area contributed by atoms with E-state index in [2.05, 4.69) is 29.5 Å². The van der Waals surface area contributed by atoms with Crippen molar-refractivity contribution in [2.24, 2.45) is 0 Å². The Morgan fingerprint density at radius 2 is 1.61 bits per heavy atom. The number of hydrogen-bond acceptors (Lipinski definition) is 4. The second-order valence-electron chi connectivity index (χ2n) is 8.78. The second-order valence-corrected chi connectivity index (χ2v) is 8.78. The first-order chi connectivity index (χ1) is 17.5. The molecule has 0 spiro atoms. The summed E-state index contributed by atoms with van der Waals surface area (Å²) >= 11 is 0. The standard InChI is InChI=1S/C28H28N6O2/c1-4-21-12-14-22(15-13-21)18-29-26(35)20(3)33-28(36)24-25(19(2)30-33)31-34(23-10-6-5-7-11-23)27(24)32-16-8-9-17-32/h5-17,20H,4,18H2,1-3H3,(H,29,35). The number of amides is 1. The predicted octanol–water partition coefficient (Wildman–Crippen LogP) is 4.12. The lowest BCUT2D eigenvalue weighted by molar-refractivity contribution is -0.124. The van der Waals surface area contributed by atoms with E-state index in [1.54, 1.807) is 18.5 Å². The number of rotatable bonds is 7. The number of nitrogens with one attached hydrogen (secondary N) is 1. The molecule has 0 radical (unpaired) electrons. The third-order valence-electron chi connectivity index (χ3n) is 6.38. The number of aryl methyl sites for hydroxylation is 2. The van der Waals surface area contributed by atoms with Crippen molar-refractivity contribution in [3.63, 3.8) is 0 Å². The van der Waals surface area contributed by atoms with Crippen LogP contribution >= 0.6 is 0 Å². The van der Waals surface area contributed by atoms with Crippen molar-refractivity contribution < 1.29 is 4.79 Å². The van der Waals surface area contributed by atoms with Crippen molar-refractivity contribution in [2.75, 3.05) is 0 Å². The van der Waals surface area contributed by atoms with Gasteiger partial charge in [0.05, 0.1) is 11.4 Å². The highest BCUT2D eigenvalue weighted by atomic mass is 16.2. The third-order valence-corrected chi connectivity index (χ3v) is 6.38. The number of carbonyl (C=O) groups excluding carboxylic acids is 1. The summed E-state index contributed by atoms with van der Waals surface area (Å²) < 4.78 is 4.87. The zero-order chi connectivity index (χ0) is 25.2. The molecule has 8 heteroatoms. The van der Waals surface area contributed by atoms with E-state index >= 15 is 0 Å². The molecule has 1 N–H and O–H groups in total. The first kappa shape index (κ1) is 23.3. The van der Waals surface area contributed by atoms with Gasteiger partial charge in [-0.1, -0.05) is 49.4 Å². The van der Waals surface area contributed by atoms with Crippen molar-refractivity contribution in [1.82, 2.24) is 29.4 Å². The van der Waals surface area contributed by atoms with Crippen LogP contribution in [0.2, 0.25) is 0 Å². The molecule has 0 saturated heterocycles. The van der Waals surface area contributed by atoms with Gasteiger partial charge in [-0.05, 0) is 55.7 Å². The van der Waals surface area contributed by atoms with Gasteiger partial charge in [-0.3, -0.25) is 9.59 Å². The Hall–Kier alpha value is -4.46. The van der Waals surface area contributed by atoms with Crippen LogP contribution in [0.3, 0.4) is 0 Å². The van der Waals surface area contributed by atoms with Crippen LogP contribution in [-0.2, 0) is 17.8 Å². The van der Waals surface area contributed by atoms with E-state index in [1.165, 1.54) is 10.2 Å². The number of hydrogen-bond donors (Lipinski definition) is 1. The van der Waals surface area contributed by atoms with Crippen molar-refractivity contribution in [3.05, 3.63) is 106 Å². The smallest absolute Gasteiger partial charge is 0.280 e. The second kappa shape index (κ2) is 9.65. The fourth-order valence-corrected chi connectivity index (χ4v) is 4.29. The molecule has 0 aliphatic heterocycles. The van der Waals surface area contributed by atoms with Gasteiger partial charge in [-0.15, -0.1) is 0 Å². The first-order valence-electron chi connectivity index (χ1n) is 12.0. The van der Waals surface area contributed by atoms with E-state index in [0.717, 1.165) is 17.7 Å². The van der Waals surface area contributed by atoms with Gasteiger partial charge in [0.25, 0.3) is 5.56 Å². The molecule has 1 atom stereocenters. The van der Waals surface area contributed by atoms with E-state index in [1.807, 2.05) is 71.6 Å². The van der Waals surface area contributed by atoms with Crippen LogP contribution < -0.4 is 10.9 Å². The van der Waals surface area contributed by atoms with E-state index in [-0.39, 0.29) is 11.5 Å². The van der Waals surface area contributed by atoms with E-state index in [4.69, 9.17) is 5.10 Å². The average molecular weight is 481 g/mol. The molecule has 0 saturated carbocycles. The summed E-state index contributed by atoms with van der Waals surface area (Å²) in [7, 11) is 0. The highest BCUT2D eigenvalue weighted by molar-refractivity contribution is 5.88. The SMILES string of the molecule is CCc1ccc(CNC(=O)C(C)n2nc(C)c3nn(-c4ccccc4)c(-n4cccc4)c3c2=O)cc1. The largest absolute Gasteiger partial charge is 0.350 e. The van der Waals surface area contributed by atoms with Gasteiger partial charge in [0, 0.05) is 18.9 Å². The van der Waals surface area contributed by atoms with Crippen LogP contribution in [0.25, 0.3) is 22.4 Å². The van der Waals surface area contributed by atoms with E-state index in [0.29, 0.717) is 29.0 Å². The normalized spacial score (nSPS) is 12.1. The molecule has 3 heterocycles. The highest BCUT2D eigenvalue weighted by Crippen LogP contribution is 2.25. The van der Waals surface area contributed by atoms with Crippen molar-refractivity contribution in [2.45, 2.75) is 39.8 Å². The summed E-state index contributed by atoms with van der Waals surface area (Å²) in [6, 6.07) is 20.8. The number of nitrogens with zero attached hydrogens (tertiary/aromatic N) is 5. The highest BCUT2D eigenvalue weighted by Gasteiger charge is 2.25. The Labute approximate surface area is 208 Å². The van der Waals surface area contributed by atoms with Crippen molar-refractivity contribution >= 4 is 16.8 Å². The summed E-state index contributed by atoms with van der Waals surface area (Å²) in [6.07, 6.45) is 4.71. The lowest BCUT2D eigenvalue weighted by atomic mass is 10.1. The van der Waals surface area contributed by atoms with Gasteiger partial charge < -0.3 is 9.88 Å². The zero-order valence-electron chi connectivity index (χ0n) is 20.5. The topological polar surface area (TPSA) is 86.7 Å². The van der Waals surface area contributed by atoms with Gasteiger partial charge in [-0.2, -0.15) is 10.2 Å². The van der Waals surface area contributed by atoms with Crippen LogP contribution in [0.4, 0.5) is 0 Å². The summed E-state index contributed by atoms with van der Waals surface area (Å²) in [5.74, 6) is 0.329. The molecule has 0 aliphatic carbocycles. The third kappa shape index (κ3) is 4.22. The molecular formula is C28H28N6O2. The summed E-state index contributed by atoms with van der Waals surface area (Å²) in [5, 5.41) is 12.6. The number of fused-ring (bicyclic) bond motifs is 1. The minimum atomic E-state index is -0.798. The molecule has 1 amide bonds. The fourth-order valence-electron chi connectivity index (χ4n) is 4.29. The Morgan fingerprint density at radius 3 is 2.28 bits per heavy atom. The molecule has 182 valence electrons. The van der Waals surface area contributed by atoms with Crippen LogP contribution in [0.5, 0.6) is 0 Å². The molecule has 5 aromatic rings. The molecule has 8 nitrogen and oxygen atoms in total. The van der Waals surface area contributed by atoms with E-state index < -0.39 is 6.04 Å². The van der Waals surface area contributed by atoms with Gasteiger partial charge in [0.15, 0.2) is 5.82 Å². The van der Waals surface area contributed by atoms with Crippen molar-refractivity contribution in [1.29, 1.82) is 0 Å². The minimum absolute atomic E-state index is 0.277. The molecule has 36 heavy (non-hydrogen) atoms. The molecule has 3 aromatic heterocycles. The monoisotopic (exact) mass is 480 g/mol. The number of aromatic nitrogens is 5. The zero-order valence-corrected chi connectivity index (χ0v) is 20.5. The van der Waals surface area contributed by atoms with Gasteiger partial charge >= 0.3 is 0 Å². The lowest BCUT2D eigenvalue weighted by Gasteiger charge is -2.15. The molecule has 0 aliphatic rings. The predicted molar refractivity (Wildman–Crippen MR) is 140 cm³/mol. The lowest BCUT2D eigenvalue weighted by Crippen LogP contribution is -2.37. The fraction of sp³-hybridized carbons (Fsp3) is 0.214. The Morgan fingerprint density at radius 1 is 0.944 bits per heavy atom. The Kier molecular flexibility index (Phi) is 6.25. The van der Waals surface area contributed by atoms with Crippen LogP contribution in [0.15, 0.2) is 83.9 Å².